The molecule has 174 valence electrons. The quantitative estimate of drug-likeness (QED) is 0.487. The maximum absolute atomic E-state index is 10.4. The number of morpholine rings is 1. The predicted molar refractivity (Wildman–Crippen MR) is 123 cm³/mol. The van der Waals surface area contributed by atoms with Crippen molar-refractivity contribution in [3.8, 4) is 11.5 Å². The van der Waals surface area contributed by atoms with Crippen LogP contribution in [0.15, 0.2) is 42.9 Å². The van der Waals surface area contributed by atoms with Gasteiger partial charge in [0.1, 0.15) is 23.2 Å². The molecule has 0 amide bonds. The summed E-state index contributed by atoms with van der Waals surface area (Å²) in [6.45, 7) is 3.13. The van der Waals surface area contributed by atoms with Crippen LogP contribution in [0.25, 0.3) is 11.0 Å². The Morgan fingerprint density at radius 3 is 2.58 bits per heavy atom. The Labute approximate surface area is 192 Å². The summed E-state index contributed by atoms with van der Waals surface area (Å²) in [5, 5.41) is 23.2. The monoisotopic (exact) mass is 451 g/mol. The van der Waals surface area contributed by atoms with Gasteiger partial charge in [-0.25, -0.2) is 4.98 Å². The van der Waals surface area contributed by atoms with Gasteiger partial charge < -0.3 is 24.6 Å². The molecule has 3 heterocycles. The zero-order valence-electron chi connectivity index (χ0n) is 18.4. The first-order chi connectivity index (χ1) is 16.2. The minimum atomic E-state index is -0.913. The van der Waals surface area contributed by atoms with Gasteiger partial charge >= 0.3 is 0 Å². The highest BCUT2D eigenvalue weighted by Gasteiger charge is 2.26. The van der Waals surface area contributed by atoms with E-state index in [1.807, 2.05) is 0 Å². The highest BCUT2D eigenvalue weighted by molar-refractivity contribution is 5.85. The van der Waals surface area contributed by atoms with E-state index in [1.54, 1.807) is 12.4 Å². The number of nitrogens with zero attached hydrogens (tertiary/aromatic N) is 4. The number of hydrogen-bond acceptors (Lipinski definition) is 9. The zero-order valence-corrected chi connectivity index (χ0v) is 18.4. The number of pyridine rings is 1. The van der Waals surface area contributed by atoms with Crippen molar-refractivity contribution in [2.24, 2.45) is 0 Å². The number of aromatic hydroxyl groups is 1. The third-order valence-corrected chi connectivity index (χ3v) is 6.31. The Morgan fingerprint density at radius 2 is 1.79 bits per heavy atom. The summed E-state index contributed by atoms with van der Waals surface area (Å²) in [5.41, 5.74) is 3.10. The van der Waals surface area contributed by atoms with Gasteiger partial charge in [0.05, 0.1) is 30.5 Å². The average Bonchev–Trinajstić information content (AvgIpc) is 2.85. The Balaban J connectivity index is 1.24. The van der Waals surface area contributed by atoms with Crippen LogP contribution in [0.1, 0.15) is 37.6 Å². The van der Waals surface area contributed by atoms with Crippen molar-refractivity contribution < 1.29 is 19.7 Å². The van der Waals surface area contributed by atoms with E-state index in [1.165, 1.54) is 18.3 Å². The molecule has 1 unspecified atom stereocenters. The van der Waals surface area contributed by atoms with E-state index < -0.39 is 6.23 Å². The van der Waals surface area contributed by atoms with Gasteiger partial charge in [-0.05, 0) is 37.8 Å². The van der Waals surface area contributed by atoms with Gasteiger partial charge in [-0.15, -0.1) is 0 Å². The summed E-state index contributed by atoms with van der Waals surface area (Å²) >= 11 is 0. The molecular weight excluding hydrogens is 422 g/mol. The van der Waals surface area contributed by atoms with Gasteiger partial charge in [0.15, 0.2) is 0 Å². The minimum Gasteiger partial charge on any atom is -0.508 e. The topological polar surface area (TPSA) is 113 Å². The molecule has 2 aromatic heterocycles. The summed E-state index contributed by atoms with van der Waals surface area (Å²) in [5.74, 6) is 0.857. The number of fused-ring (bicyclic) bond motifs is 1. The van der Waals surface area contributed by atoms with Crippen molar-refractivity contribution in [2.75, 3.05) is 31.2 Å². The van der Waals surface area contributed by atoms with Gasteiger partial charge in [0, 0.05) is 55.5 Å². The second-order valence-electron chi connectivity index (χ2n) is 8.57. The molecule has 9 nitrogen and oxygen atoms in total. The van der Waals surface area contributed by atoms with Crippen LogP contribution in [0.5, 0.6) is 11.5 Å². The van der Waals surface area contributed by atoms with Crippen LogP contribution in [-0.2, 0) is 4.74 Å². The first kappa shape index (κ1) is 21.8. The summed E-state index contributed by atoms with van der Waals surface area (Å²) in [6.07, 6.45) is 7.51. The fraction of sp³-hybridized carbons (Fsp3) is 0.458. The highest BCUT2D eigenvalue weighted by Crippen LogP contribution is 2.33. The van der Waals surface area contributed by atoms with Gasteiger partial charge in [-0.3, -0.25) is 15.3 Å². The van der Waals surface area contributed by atoms with Crippen LogP contribution in [-0.4, -0.2) is 63.6 Å². The Morgan fingerprint density at radius 1 is 1.00 bits per heavy atom. The van der Waals surface area contributed by atoms with Crippen LogP contribution >= 0.6 is 0 Å². The number of benzene rings is 1. The number of ether oxygens (including phenoxy) is 2. The molecule has 3 N–H and O–H groups in total. The van der Waals surface area contributed by atoms with Crippen molar-refractivity contribution in [1.29, 1.82) is 0 Å². The van der Waals surface area contributed by atoms with E-state index in [-0.39, 0.29) is 17.9 Å². The normalized spacial score (nSPS) is 22.3. The highest BCUT2D eigenvalue weighted by atomic mass is 16.5. The number of anilines is 1. The molecule has 5 rings (SSSR count). The SMILES string of the molecule is Oc1ccnc(C(O)N[C@H]2CC[C@@H](Oc3cc(N4CCOCC4)cc4nccnc34)CC2)c1. The molecule has 0 radical (unpaired) electrons. The van der Waals surface area contributed by atoms with Crippen molar-refractivity contribution >= 4 is 16.7 Å². The summed E-state index contributed by atoms with van der Waals surface area (Å²) in [4.78, 5) is 15.5. The fourth-order valence-corrected chi connectivity index (χ4v) is 4.54. The average molecular weight is 452 g/mol. The van der Waals surface area contributed by atoms with Crippen molar-refractivity contribution in [2.45, 2.75) is 44.1 Å². The maximum atomic E-state index is 10.4. The number of aromatic nitrogens is 3. The van der Waals surface area contributed by atoms with Crippen LogP contribution in [0.2, 0.25) is 0 Å². The lowest BCUT2D eigenvalue weighted by molar-refractivity contribution is 0.0864. The molecular formula is C24H29N5O4. The Kier molecular flexibility index (Phi) is 6.52. The molecule has 1 saturated heterocycles. The molecule has 2 fully saturated rings. The van der Waals surface area contributed by atoms with Crippen molar-refractivity contribution in [3.05, 3.63) is 48.5 Å². The van der Waals surface area contributed by atoms with Crippen LogP contribution < -0.4 is 15.0 Å². The van der Waals surface area contributed by atoms with E-state index in [4.69, 9.17) is 9.47 Å². The third kappa shape index (κ3) is 5.16. The van der Waals surface area contributed by atoms with E-state index in [9.17, 15) is 10.2 Å². The molecule has 2 aliphatic rings. The second-order valence-corrected chi connectivity index (χ2v) is 8.57. The molecule has 1 saturated carbocycles. The lowest BCUT2D eigenvalue weighted by Crippen LogP contribution is -2.38. The van der Waals surface area contributed by atoms with E-state index in [0.717, 1.165) is 74.5 Å². The summed E-state index contributed by atoms with van der Waals surface area (Å²) in [6, 6.07) is 7.25. The molecule has 1 aliphatic heterocycles. The van der Waals surface area contributed by atoms with Gasteiger partial charge in [0.2, 0.25) is 0 Å². The van der Waals surface area contributed by atoms with Gasteiger partial charge in [-0.1, -0.05) is 0 Å². The van der Waals surface area contributed by atoms with Crippen LogP contribution in [0.3, 0.4) is 0 Å². The lowest BCUT2D eigenvalue weighted by atomic mass is 9.92. The summed E-state index contributed by atoms with van der Waals surface area (Å²) < 4.78 is 11.9. The van der Waals surface area contributed by atoms with E-state index in [2.05, 4.69) is 37.3 Å². The number of aliphatic hydroxyl groups is 1. The molecule has 1 aromatic carbocycles. The zero-order chi connectivity index (χ0) is 22.6. The first-order valence-electron chi connectivity index (χ1n) is 11.5. The van der Waals surface area contributed by atoms with Crippen molar-refractivity contribution in [3.63, 3.8) is 0 Å². The molecule has 9 heteroatoms. The fourth-order valence-electron chi connectivity index (χ4n) is 4.54. The third-order valence-electron chi connectivity index (χ3n) is 6.31. The molecule has 0 spiro atoms. The van der Waals surface area contributed by atoms with Crippen molar-refractivity contribution in [1.82, 2.24) is 20.3 Å². The van der Waals surface area contributed by atoms with E-state index in [0.29, 0.717) is 5.69 Å². The smallest absolute Gasteiger partial charge is 0.149 e. The van der Waals surface area contributed by atoms with E-state index >= 15 is 0 Å². The maximum Gasteiger partial charge on any atom is 0.149 e. The number of aliphatic hydroxyl groups excluding tert-OH is 1. The lowest BCUT2D eigenvalue weighted by Gasteiger charge is -2.32. The van der Waals surface area contributed by atoms with Gasteiger partial charge in [-0.2, -0.15) is 0 Å². The number of hydrogen-bond donors (Lipinski definition) is 3. The van der Waals surface area contributed by atoms with Gasteiger partial charge in [0.25, 0.3) is 0 Å². The molecule has 3 aromatic rings. The van der Waals surface area contributed by atoms with Crippen LogP contribution in [0, 0.1) is 0 Å². The first-order valence-corrected chi connectivity index (χ1v) is 11.5. The summed E-state index contributed by atoms with van der Waals surface area (Å²) in [7, 11) is 0. The Hall–Kier alpha value is -3.01. The second kappa shape index (κ2) is 9.86. The Bertz CT molecular complexity index is 1080. The standard InChI is InChI=1S/C24H29N5O4/c30-18-5-6-25-21(15-18)24(31)28-16-1-3-19(4-2-16)33-22-14-17(29-9-11-32-12-10-29)13-20-23(22)27-8-7-26-20/h5-8,13-16,19,24,28,31H,1-4,9-12H2,(H,25,30)/t16-,19+,24?. The molecule has 1 aliphatic carbocycles. The largest absolute Gasteiger partial charge is 0.508 e. The molecule has 0 bridgehead atoms. The molecule has 1 atom stereocenters. The number of nitrogens with one attached hydrogen (secondary N) is 1. The molecule has 33 heavy (non-hydrogen) atoms. The minimum absolute atomic E-state index is 0.0734. The number of rotatable bonds is 6. The van der Waals surface area contributed by atoms with Crippen LogP contribution in [0.4, 0.5) is 5.69 Å². The predicted octanol–water partition coefficient (Wildman–Crippen LogP) is 2.54.